The Labute approximate surface area is 159 Å². The van der Waals surface area contributed by atoms with Gasteiger partial charge in [-0.1, -0.05) is 6.07 Å². The summed E-state index contributed by atoms with van der Waals surface area (Å²) in [6.45, 7) is 1.88. The summed E-state index contributed by atoms with van der Waals surface area (Å²) in [5, 5.41) is 5.46. The van der Waals surface area contributed by atoms with Crippen LogP contribution in [-0.2, 0) is 0 Å². The summed E-state index contributed by atoms with van der Waals surface area (Å²) in [5.74, 6) is -0.543. The summed E-state index contributed by atoms with van der Waals surface area (Å²) >= 11 is 6.31. The van der Waals surface area contributed by atoms with Crippen molar-refractivity contribution in [1.82, 2.24) is 0 Å². The summed E-state index contributed by atoms with van der Waals surface area (Å²) in [6, 6.07) is 11.6. The number of benzene rings is 1. The molecule has 0 atom stereocenters. The van der Waals surface area contributed by atoms with Crippen molar-refractivity contribution in [3.63, 3.8) is 0 Å². The first kappa shape index (κ1) is 17.5. The van der Waals surface area contributed by atoms with E-state index in [0.717, 1.165) is 5.56 Å². The van der Waals surface area contributed by atoms with Gasteiger partial charge in [0.05, 0.1) is 11.4 Å². The molecular formula is C17H12Br2N2O4. The number of rotatable bonds is 4. The molecule has 0 radical (unpaired) electrons. The molecule has 2 aromatic heterocycles. The van der Waals surface area contributed by atoms with Crippen molar-refractivity contribution in [2.24, 2.45) is 0 Å². The predicted molar refractivity (Wildman–Crippen MR) is 99.9 cm³/mol. The van der Waals surface area contributed by atoms with Crippen molar-refractivity contribution in [1.29, 1.82) is 0 Å². The average Bonchev–Trinajstić information content (AvgIpc) is 3.18. The first-order chi connectivity index (χ1) is 11.9. The molecule has 2 N–H and O–H groups in total. The molecule has 2 amide bonds. The number of furan rings is 2. The molecule has 0 saturated heterocycles. The van der Waals surface area contributed by atoms with Gasteiger partial charge in [0.2, 0.25) is 0 Å². The van der Waals surface area contributed by atoms with Crippen LogP contribution in [0.15, 0.2) is 60.6 Å². The third kappa shape index (κ3) is 4.21. The number of hydrogen-bond acceptors (Lipinski definition) is 4. The van der Waals surface area contributed by atoms with Crippen LogP contribution < -0.4 is 10.6 Å². The van der Waals surface area contributed by atoms with Crippen molar-refractivity contribution in [2.45, 2.75) is 6.92 Å². The second-order valence-corrected chi connectivity index (χ2v) is 6.73. The fourth-order valence-corrected chi connectivity index (χ4v) is 2.72. The number of nitrogens with one attached hydrogen (secondary N) is 2. The van der Waals surface area contributed by atoms with E-state index in [1.807, 2.05) is 13.0 Å². The molecule has 0 fully saturated rings. The Morgan fingerprint density at radius 1 is 0.800 bits per heavy atom. The maximum Gasteiger partial charge on any atom is 0.291 e. The molecule has 1 aromatic carbocycles. The first-order valence-corrected chi connectivity index (χ1v) is 8.75. The number of amides is 2. The largest absolute Gasteiger partial charge is 0.444 e. The molecule has 2 heterocycles. The van der Waals surface area contributed by atoms with E-state index in [1.165, 1.54) is 0 Å². The zero-order valence-electron chi connectivity index (χ0n) is 12.9. The maximum absolute atomic E-state index is 12.3. The summed E-state index contributed by atoms with van der Waals surface area (Å²) in [7, 11) is 0. The van der Waals surface area contributed by atoms with Crippen LogP contribution >= 0.6 is 31.9 Å². The fraction of sp³-hybridized carbons (Fsp3) is 0.0588. The van der Waals surface area contributed by atoms with Crippen LogP contribution in [-0.4, -0.2) is 11.8 Å². The quantitative estimate of drug-likeness (QED) is 0.551. The SMILES string of the molecule is Cc1ccc(NC(=O)c2ccc(Br)o2)c(NC(=O)c2ccc(Br)o2)c1. The Hall–Kier alpha value is -2.32. The minimum absolute atomic E-state index is 0.152. The molecule has 0 unspecified atom stereocenters. The number of carbonyl (C=O) groups excluding carboxylic acids is 2. The van der Waals surface area contributed by atoms with E-state index in [-0.39, 0.29) is 11.5 Å². The molecule has 0 aliphatic rings. The van der Waals surface area contributed by atoms with Crippen molar-refractivity contribution in [3.05, 3.63) is 68.9 Å². The summed E-state index contributed by atoms with van der Waals surface area (Å²) in [4.78, 5) is 24.5. The van der Waals surface area contributed by atoms with Crippen LogP contribution in [0.2, 0.25) is 0 Å². The number of aryl methyl sites for hydroxylation is 1. The molecule has 0 spiro atoms. The van der Waals surface area contributed by atoms with Crippen molar-refractivity contribution in [2.75, 3.05) is 10.6 Å². The van der Waals surface area contributed by atoms with Crippen LogP contribution in [0.25, 0.3) is 0 Å². The van der Waals surface area contributed by atoms with Crippen LogP contribution in [0.1, 0.15) is 26.7 Å². The average molecular weight is 468 g/mol. The number of carbonyl (C=O) groups is 2. The standard InChI is InChI=1S/C17H12Br2N2O4/c1-9-2-3-10(20-16(22)12-4-6-14(18)24-12)11(8-9)21-17(23)13-5-7-15(19)25-13/h2-8H,1H3,(H,20,22)(H,21,23). The van der Waals surface area contributed by atoms with Gasteiger partial charge in [-0.3, -0.25) is 9.59 Å². The summed E-state index contributed by atoms with van der Waals surface area (Å²) in [5.41, 5.74) is 1.83. The van der Waals surface area contributed by atoms with E-state index in [9.17, 15) is 9.59 Å². The van der Waals surface area contributed by atoms with Crippen molar-refractivity contribution >= 4 is 55.0 Å². The lowest BCUT2D eigenvalue weighted by atomic mass is 10.2. The Kier molecular flexibility index (Phi) is 5.10. The third-order valence-electron chi connectivity index (χ3n) is 3.27. The van der Waals surface area contributed by atoms with Gasteiger partial charge in [0.15, 0.2) is 20.9 Å². The lowest BCUT2D eigenvalue weighted by molar-refractivity contribution is 0.0985. The number of hydrogen-bond donors (Lipinski definition) is 2. The van der Waals surface area contributed by atoms with Gasteiger partial charge in [-0.05, 0) is 80.7 Å². The van der Waals surface area contributed by atoms with Gasteiger partial charge in [-0.2, -0.15) is 0 Å². The van der Waals surface area contributed by atoms with Gasteiger partial charge >= 0.3 is 0 Å². The molecular weight excluding hydrogens is 456 g/mol. The minimum Gasteiger partial charge on any atom is -0.444 e. The van der Waals surface area contributed by atoms with Crippen molar-refractivity contribution in [3.8, 4) is 0 Å². The number of anilines is 2. The Morgan fingerprint density at radius 2 is 1.32 bits per heavy atom. The van der Waals surface area contributed by atoms with E-state index in [1.54, 1.807) is 36.4 Å². The van der Waals surface area contributed by atoms with E-state index in [2.05, 4.69) is 42.5 Å². The van der Waals surface area contributed by atoms with Crippen LogP contribution in [0.4, 0.5) is 11.4 Å². The van der Waals surface area contributed by atoms with Gasteiger partial charge in [0.25, 0.3) is 11.8 Å². The smallest absolute Gasteiger partial charge is 0.291 e. The Bertz CT molecular complexity index is 946. The monoisotopic (exact) mass is 466 g/mol. The second-order valence-electron chi connectivity index (χ2n) is 5.16. The van der Waals surface area contributed by atoms with E-state index >= 15 is 0 Å². The highest BCUT2D eigenvalue weighted by molar-refractivity contribution is 9.10. The second kappa shape index (κ2) is 7.28. The molecule has 3 aromatic rings. The zero-order chi connectivity index (χ0) is 18.0. The van der Waals surface area contributed by atoms with Crippen molar-refractivity contribution < 1.29 is 18.4 Å². The molecule has 0 saturated carbocycles. The van der Waals surface area contributed by atoms with E-state index < -0.39 is 11.8 Å². The number of halogens is 2. The molecule has 8 heteroatoms. The third-order valence-corrected chi connectivity index (χ3v) is 4.12. The van der Waals surface area contributed by atoms with Crippen LogP contribution in [0.3, 0.4) is 0 Å². The molecule has 25 heavy (non-hydrogen) atoms. The first-order valence-electron chi connectivity index (χ1n) is 7.16. The highest BCUT2D eigenvalue weighted by Gasteiger charge is 2.16. The van der Waals surface area contributed by atoms with Crippen LogP contribution in [0, 0.1) is 6.92 Å². The normalized spacial score (nSPS) is 10.5. The molecule has 0 aliphatic carbocycles. The molecule has 128 valence electrons. The molecule has 0 bridgehead atoms. The van der Waals surface area contributed by atoms with Gasteiger partial charge in [-0.15, -0.1) is 0 Å². The van der Waals surface area contributed by atoms with Gasteiger partial charge in [-0.25, -0.2) is 0 Å². The maximum atomic E-state index is 12.3. The van der Waals surface area contributed by atoms with Gasteiger partial charge < -0.3 is 19.5 Å². The van der Waals surface area contributed by atoms with E-state index in [4.69, 9.17) is 8.83 Å². The zero-order valence-corrected chi connectivity index (χ0v) is 16.1. The minimum atomic E-state index is -0.425. The highest BCUT2D eigenvalue weighted by Crippen LogP contribution is 2.26. The predicted octanol–water partition coefficient (Wildman–Crippen LogP) is 5.21. The van der Waals surface area contributed by atoms with E-state index in [0.29, 0.717) is 20.7 Å². The lowest BCUT2D eigenvalue weighted by Gasteiger charge is -2.12. The Morgan fingerprint density at radius 3 is 1.80 bits per heavy atom. The molecule has 3 rings (SSSR count). The van der Waals surface area contributed by atoms with Crippen LogP contribution in [0.5, 0.6) is 0 Å². The fourth-order valence-electron chi connectivity index (χ4n) is 2.11. The molecule has 0 aliphatic heterocycles. The highest BCUT2D eigenvalue weighted by atomic mass is 79.9. The summed E-state index contributed by atoms with van der Waals surface area (Å²) in [6.07, 6.45) is 0. The summed E-state index contributed by atoms with van der Waals surface area (Å²) < 4.78 is 11.4. The van der Waals surface area contributed by atoms with Gasteiger partial charge in [0.1, 0.15) is 0 Å². The Balaban J connectivity index is 1.82. The lowest BCUT2D eigenvalue weighted by Crippen LogP contribution is -2.16. The molecule has 6 nitrogen and oxygen atoms in total. The topological polar surface area (TPSA) is 84.5 Å². The van der Waals surface area contributed by atoms with Gasteiger partial charge in [0, 0.05) is 0 Å².